The summed E-state index contributed by atoms with van der Waals surface area (Å²) >= 11 is 0. The van der Waals surface area contributed by atoms with Crippen molar-refractivity contribution in [1.82, 2.24) is 4.57 Å². The van der Waals surface area contributed by atoms with Crippen LogP contribution in [0.5, 0.6) is 11.5 Å². The molecule has 0 N–H and O–H groups in total. The molecular formula is C12H11NO3. The van der Waals surface area contributed by atoms with Crippen molar-refractivity contribution < 1.29 is 14.3 Å². The highest BCUT2D eigenvalue weighted by atomic mass is 16.5. The van der Waals surface area contributed by atoms with Crippen LogP contribution in [0.15, 0.2) is 24.4 Å². The SMILES string of the molecule is COc1ccc2ccn3c2c1OCCC3=O. The van der Waals surface area contributed by atoms with Crippen LogP contribution < -0.4 is 9.47 Å². The van der Waals surface area contributed by atoms with Crippen molar-refractivity contribution in [1.29, 1.82) is 0 Å². The highest BCUT2D eigenvalue weighted by Crippen LogP contribution is 2.37. The first kappa shape index (κ1) is 9.27. The molecule has 0 amide bonds. The predicted octanol–water partition coefficient (Wildman–Crippen LogP) is 2.07. The Bertz CT molecular complexity index is 571. The molecule has 0 fully saturated rings. The van der Waals surface area contributed by atoms with Gasteiger partial charge >= 0.3 is 0 Å². The molecule has 1 aromatic carbocycles. The van der Waals surface area contributed by atoms with Crippen LogP contribution in [-0.2, 0) is 0 Å². The second-order valence-corrected chi connectivity index (χ2v) is 3.71. The summed E-state index contributed by atoms with van der Waals surface area (Å²) in [6.07, 6.45) is 2.17. The van der Waals surface area contributed by atoms with Crippen LogP contribution in [0.3, 0.4) is 0 Å². The summed E-state index contributed by atoms with van der Waals surface area (Å²) in [7, 11) is 1.60. The van der Waals surface area contributed by atoms with Gasteiger partial charge in [-0.1, -0.05) is 0 Å². The van der Waals surface area contributed by atoms with Crippen molar-refractivity contribution in [3.8, 4) is 11.5 Å². The van der Waals surface area contributed by atoms with Crippen molar-refractivity contribution in [2.75, 3.05) is 13.7 Å². The van der Waals surface area contributed by atoms with Crippen LogP contribution in [0, 0.1) is 0 Å². The van der Waals surface area contributed by atoms with Crippen molar-refractivity contribution in [2.45, 2.75) is 6.42 Å². The van der Waals surface area contributed by atoms with Gasteiger partial charge in [-0.3, -0.25) is 9.36 Å². The Kier molecular flexibility index (Phi) is 1.89. The lowest BCUT2D eigenvalue weighted by Gasteiger charge is -2.09. The summed E-state index contributed by atoms with van der Waals surface area (Å²) < 4.78 is 12.5. The van der Waals surface area contributed by atoms with Crippen LogP contribution in [0.1, 0.15) is 11.2 Å². The van der Waals surface area contributed by atoms with E-state index < -0.39 is 0 Å². The zero-order chi connectivity index (χ0) is 11.1. The number of rotatable bonds is 1. The Balaban J connectivity index is 2.40. The Labute approximate surface area is 92.4 Å². The molecule has 0 spiro atoms. The number of methoxy groups -OCH3 is 1. The molecule has 0 saturated carbocycles. The molecule has 0 saturated heterocycles. The maximum absolute atomic E-state index is 11.8. The van der Waals surface area contributed by atoms with E-state index >= 15 is 0 Å². The second kappa shape index (κ2) is 3.27. The van der Waals surface area contributed by atoms with Crippen LogP contribution in [-0.4, -0.2) is 24.2 Å². The fourth-order valence-electron chi connectivity index (χ4n) is 2.05. The normalized spacial score (nSPS) is 14.7. The minimum Gasteiger partial charge on any atom is -0.493 e. The molecular weight excluding hydrogens is 206 g/mol. The summed E-state index contributed by atoms with van der Waals surface area (Å²) in [5.41, 5.74) is 0.807. The van der Waals surface area contributed by atoms with Gasteiger partial charge in [-0.15, -0.1) is 0 Å². The first-order valence-electron chi connectivity index (χ1n) is 5.15. The number of hydrogen-bond donors (Lipinski definition) is 0. The number of aromatic nitrogens is 1. The van der Waals surface area contributed by atoms with Gasteiger partial charge < -0.3 is 9.47 Å². The van der Waals surface area contributed by atoms with E-state index in [0.29, 0.717) is 24.5 Å². The summed E-state index contributed by atoms with van der Waals surface area (Å²) in [6, 6.07) is 5.69. The van der Waals surface area contributed by atoms with E-state index in [-0.39, 0.29) is 5.91 Å². The number of nitrogens with zero attached hydrogens (tertiary/aromatic N) is 1. The van der Waals surface area contributed by atoms with E-state index in [1.807, 2.05) is 18.2 Å². The zero-order valence-corrected chi connectivity index (χ0v) is 8.90. The van der Waals surface area contributed by atoms with Crippen molar-refractivity contribution in [2.24, 2.45) is 0 Å². The molecule has 4 nitrogen and oxygen atoms in total. The Morgan fingerprint density at radius 1 is 1.38 bits per heavy atom. The number of carbonyl (C=O) groups is 1. The van der Waals surface area contributed by atoms with Crippen LogP contribution in [0.2, 0.25) is 0 Å². The van der Waals surface area contributed by atoms with E-state index in [1.165, 1.54) is 0 Å². The van der Waals surface area contributed by atoms with Crippen molar-refractivity contribution in [3.63, 3.8) is 0 Å². The third kappa shape index (κ3) is 1.13. The van der Waals surface area contributed by atoms with Gasteiger partial charge in [0.2, 0.25) is 5.91 Å². The average molecular weight is 217 g/mol. The molecule has 4 heteroatoms. The van der Waals surface area contributed by atoms with E-state index in [1.54, 1.807) is 17.9 Å². The smallest absolute Gasteiger partial charge is 0.234 e. The van der Waals surface area contributed by atoms with Crippen LogP contribution >= 0.6 is 0 Å². The second-order valence-electron chi connectivity index (χ2n) is 3.71. The molecule has 0 bridgehead atoms. The molecule has 0 radical (unpaired) electrons. The number of hydrogen-bond acceptors (Lipinski definition) is 3. The summed E-state index contributed by atoms with van der Waals surface area (Å²) in [5.74, 6) is 1.39. The van der Waals surface area contributed by atoms with Crippen LogP contribution in [0.25, 0.3) is 10.9 Å². The standard InChI is InChI=1S/C12H11NO3/c1-15-9-3-2-8-4-6-13-10(14)5-7-16-12(9)11(8)13/h2-4,6H,5,7H2,1H3. The Morgan fingerprint density at radius 2 is 2.25 bits per heavy atom. The lowest BCUT2D eigenvalue weighted by Crippen LogP contribution is -2.09. The van der Waals surface area contributed by atoms with Gasteiger partial charge in [0.25, 0.3) is 0 Å². The lowest BCUT2D eigenvalue weighted by atomic mass is 10.2. The number of ether oxygens (including phenoxy) is 2. The molecule has 1 aromatic heterocycles. The monoisotopic (exact) mass is 217 g/mol. The van der Waals surface area contributed by atoms with Gasteiger partial charge in [0, 0.05) is 11.6 Å². The zero-order valence-electron chi connectivity index (χ0n) is 8.90. The first-order chi connectivity index (χ1) is 7.81. The van der Waals surface area contributed by atoms with E-state index in [4.69, 9.17) is 9.47 Å². The van der Waals surface area contributed by atoms with Gasteiger partial charge in [-0.2, -0.15) is 0 Å². The van der Waals surface area contributed by atoms with E-state index in [9.17, 15) is 4.79 Å². The average Bonchev–Trinajstić information content (AvgIpc) is 2.65. The largest absolute Gasteiger partial charge is 0.493 e. The highest BCUT2D eigenvalue weighted by Gasteiger charge is 2.20. The van der Waals surface area contributed by atoms with E-state index in [0.717, 1.165) is 10.9 Å². The predicted molar refractivity (Wildman–Crippen MR) is 59.2 cm³/mol. The van der Waals surface area contributed by atoms with Crippen molar-refractivity contribution in [3.05, 3.63) is 24.4 Å². The summed E-state index contributed by atoms with van der Waals surface area (Å²) in [6.45, 7) is 0.399. The quantitative estimate of drug-likeness (QED) is 0.734. The van der Waals surface area contributed by atoms with Crippen molar-refractivity contribution >= 4 is 16.8 Å². The van der Waals surface area contributed by atoms with Gasteiger partial charge in [0.1, 0.15) is 5.52 Å². The maximum atomic E-state index is 11.8. The van der Waals surface area contributed by atoms with E-state index in [2.05, 4.69) is 0 Å². The van der Waals surface area contributed by atoms with Gasteiger partial charge in [-0.25, -0.2) is 0 Å². The molecule has 0 aliphatic carbocycles. The fraction of sp³-hybridized carbons (Fsp3) is 0.250. The highest BCUT2D eigenvalue weighted by molar-refractivity contribution is 5.97. The third-order valence-electron chi connectivity index (χ3n) is 2.82. The van der Waals surface area contributed by atoms with Crippen LogP contribution in [0.4, 0.5) is 0 Å². The topological polar surface area (TPSA) is 40.5 Å². The molecule has 16 heavy (non-hydrogen) atoms. The minimum atomic E-state index is 0.0574. The number of benzene rings is 1. The fourth-order valence-corrected chi connectivity index (χ4v) is 2.05. The molecule has 3 rings (SSSR count). The third-order valence-corrected chi connectivity index (χ3v) is 2.82. The minimum absolute atomic E-state index is 0.0574. The molecule has 0 unspecified atom stereocenters. The Hall–Kier alpha value is -1.97. The Morgan fingerprint density at radius 3 is 3.06 bits per heavy atom. The molecule has 0 atom stereocenters. The van der Waals surface area contributed by atoms with Gasteiger partial charge in [0.05, 0.1) is 20.1 Å². The molecule has 1 aliphatic rings. The van der Waals surface area contributed by atoms with Gasteiger partial charge in [-0.05, 0) is 18.2 Å². The van der Waals surface area contributed by atoms with Gasteiger partial charge in [0.15, 0.2) is 11.5 Å². The molecule has 1 aliphatic heterocycles. The summed E-state index contributed by atoms with van der Waals surface area (Å²) in [5, 5.41) is 0.992. The molecule has 82 valence electrons. The number of carbonyl (C=O) groups excluding carboxylic acids is 1. The lowest BCUT2D eigenvalue weighted by molar-refractivity contribution is 0.0895. The maximum Gasteiger partial charge on any atom is 0.234 e. The molecule has 2 aromatic rings. The summed E-state index contributed by atoms with van der Waals surface area (Å²) in [4.78, 5) is 11.8. The molecule has 2 heterocycles. The first-order valence-corrected chi connectivity index (χ1v) is 5.15.